The number of methoxy groups -OCH3 is 1. The minimum atomic E-state index is -1.48. The Bertz CT molecular complexity index is 806. The van der Waals surface area contributed by atoms with Gasteiger partial charge >= 0.3 is 0 Å². The second kappa shape index (κ2) is 8.65. The van der Waals surface area contributed by atoms with Crippen molar-refractivity contribution in [3.8, 4) is 5.75 Å². The number of anilines is 1. The standard InChI is InChI=1S/C19H25ClN2O5S/c1-10-9-13(23)14(17(24)22(10)18(25)27-19(2,3)4)16(28)21-12-8-6-7-11(20)15(12)26-5/h6-8,10,18,23,25H,9H2,1-5H3,(H,21,28)/t10-,18?/m0/s1. The molecular weight excluding hydrogens is 404 g/mol. The normalized spacial score (nSPS) is 18.9. The number of hydrogen-bond donors (Lipinski definition) is 3. The highest BCUT2D eigenvalue weighted by Gasteiger charge is 2.39. The van der Waals surface area contributed by atoms with Gasteiger partial charge in [0, 0.05) is 12.5 Å². The van der Waals surface area contributed by atoms with Crippen LogP contribution in [0.25, 0.3) is 0 Å². The van der Waals surface area contributed by atoms with Gasteiger partial charge in [0.15, 0.2) is 5.75 Å². The lowest BCUT2D eigenvalue weighted by molar-refractivity contribution is -0.242. The second-order valence-electron chi connectivity index (χ2n) is 7.42. The molecule has 9 heteroatoms. The molecule has 1 aliphatic rings. The van der Waals surface area contributed by atoms with E-state index < -0.39 is 24.0 Å². The third-order valence-corrected chi connectivity index (χ3v) is 4.65. The predicted molar refractivity (Wildman–Crippen MR) is 112 cm³/mol. The van der Waals surface area contributed by atoms with E-state index >= 15 is 0 Å². The van der Waals surface area contributed by atoms with E-state index in [1.807, 2.05) is 0 Å². The SMILES string of the molecule is COc1c(Cl)cccc1NC(=S)C1=C(O)C[C@H](C)N(C(O)OC(C)(C)C)C1=O. The molecule has 0 saturated heterocycles. The summed E-state index contributed by atoms with van der Waals surface area (Å²) in [6.07, 6.45) is -1.35. The average Bonchev–Trinajstić information content (AvgIpc) is 2.52. The van der Waals surface area contributed by atoms with Gasteiger partial charge in [-0.25, -0.2) is 0 Å². The number of amides is 1. The first-order valence-electron chi connectivity index (χ1n) is 8.70. The third kappa shape index (κ3) is 4.94. The number of halogens is 1. The van der Waals surface area contributed by atoms with Crippen molar-refractivity contribution < 1.29 is 24.5 Å². The summed E-state index contributed by atoms with van der Waals surface area (Å²) in [5.41, 5.74) is -0.327. The topological polar surface area (TPSA) is 91.3 Å². The van der Waals surface area contributed by atoms with Crippen LogP contribution >= 0.6 is 23.8 Å². The van der Waals surface area contributed by atoms with E-state index in [4.69, 9.17) is 33.3 Å². The molecule has 0 fully saturated rings. The largest absolute Gasteiger partial charge is 0.511 e. The van der Waals surface area contributed by atoms with E-state index in [2.05, 4.69) is 5.32 Å². The molecule has 0 radical (unpaired) electrons. The predicted octanol–water partition coefficient (Wildman–Crippen LogP) is 3.61. The van der Waals surface area contributed by atoms with Crippen molar-refractivity contribution in [1.29, 1.82) is 0 Å². The molecule has 154 valence electrons. The van der Waals surface area contributed by atoms with Crippen LogP contribution in [0.4, 0.5) is 5.69 Å². The average molecular weight is 429 g/mol. The van der Waals surface area contributed by atoms with Crippen molar-refractivity contribution in [3.63, 3.8) is 0 Å². The van der Waals surface area contributed by atoms with E-state index in [-0.39, 0.29) is 22.7 Å². The Morgan fingerprint density at radius 3 is 2.64 bits per heavy atom. The van der Waals surface area contributed by atoms with Crippen LogP contribution in [0.1, 0.15) is 34.1 Å². The highest BCUT2D eigenvalue weighted by atomic mass is 35.5. The van der Waals surface area contributed by atoms with Gasteiger partial charge in [-0.3, -0.25) is 9.69 Å². The first-order chi connectivity index (χ1) is 13.0. The smallest absolute Gasteiger partial charge is 0.264 e. The summed E-state index contributed by atoms with van der Waals surface area (Å²) >= 11 is 11.5. The van der Waals surface area contributed by atoms with Crippen molar-refractivity contribution in [1.82, 2.24) is 4.90 Å². The summed E-state index contributed by atoms with van der Waals surface area (Å²) in [5.74, 6) is -0.433. The first kappa shape index (κ1) is 22.4. The zero-order valence-electron chi connectivity index (χ0n) is 16.4. The fourth-order valence-corrected chi connectivity index (χ4v) is 3.42. The van der Waals surface area contributed by atoms with Gasteiger partial charge in [0.05, 0.1) is 23.4 Å². The molecule has 0 aliphatic carbocycles. The lowest BCUT2D eigenvalue weighted by atomic mass is 10.0. The molecule has 28 heavy (non-hydrogen) atoms. The molecule has 1 heterocycles. The number of benzene rings is 1. The van der Waals surface area contributed by atoms with Gasteiger partial charge in [-0.05, 0) is 39.8 Å². The fraction of sp³-hybridized carbons (Fsp3) is 0.474. The summed E-state index contributed by atoms with van der Waals surface area (Å²) in [4.78, 5) is 14.2. The summed E-state index contributed by atoms with van der Waals surface area (Å²) in [6.45, 7) is 7.00. The molecule has 0 saturated carbocycles. The maximum Gasteiger partial charge on any atom is 0.264 e. The molecule has 2 atom stereocenters. The van der Waals surface area contributed by atoms with Gasteiger partial charge in [-0.15, -0.1) is 0 Å². The van der Waals surface area contributed by atoms with Crippen molar-refractivity contribution in [2.45, 2.75) is 52.2 Å². The number of rotatable bonds is 5. The Morgan fingerprint density at radius 2 is 2.07 bits per heavy atom. The van der Waals surface area contributed by atoms with Crippen LogP contribution < -0.4 is 10.1 Å². The molecule has 1 aromatic rings. The zero-order chi connectivity index (χ0) is 21.2. The van der Waals surface area contributed by atoms with Crippen LogP contribution in [0.5, 0.6) is 5.75 Å². The second-order valence-corrected chi connectivity index (χ2v) is 8.23. The summed E-state index contributed by atoms with van der Waals surface area (Å²) < 4.78 is 10.8. The van der Waals surface area contributed by atoms with Gasteiger partial charge in [-0.1, -0.05) is 29.9 Å². The van der Waals surface area contributed by atoms with Gasteiger partial charge in [0.2, 0.25) is 6.41 Å². The fourth-order valence-electron chi connectivity index (χ4n) is 2.85. The van der Waals surface area contributed by atoms with Crippen LogP contribution in [-0.4, -0.2) is 51.2 Å². The molecule has 1 unspecified atom stereocenters. The van der Waals surface area contributed by atoms with E-state index in [0.29, 0.717) is 16.5 Å². The maximum absolute atomic E-state index is 13.0. The van der Waals surface area contributed by atoms with Crippen LogP contribution in [0.2, 0.25) is 5.02 Å². The number of ether oxygens (including phenoxy) is 2. The van der Waals surface area contributed by atoms with E-state index in [9.17, 15) is 15.0 Å². The number of carbonyl (C=O) groups is 1. The maximum atomic E-state index is 13.0. The Morgan fingerprint density at radius 1 is 1.43 bits per heavy atom. The highest BCUT2D eigenvalue weighted by molar-refractivity contribution is 7.81. The number of para-hydroxylation sites is 1. The monoisotopic (exact) mass is 428 g/mol. The number of hydrogen-bond acceptors (Lipinski definition) is 6. The molecule has 0 bridgehead atoms. The summed E-state index contributed by atoms with van der Waals surface area (Å²) in [6, 6.07) is 4.56. The lowest BCUT2D eigenvalue weighted by Crippen LogP contribution is -2.53. The molecule has 1 amide bonds. The minimum Gasteiger partial charge on any atom is -0.511 e. The van der Waals surface area contributed by atoms with Crippen LogP contribution in [0.3, 0.4) is 0 Å². The Balaban J connectivity index is 2.31. The molecule has 2 rings (SSSR count). The minimum absolute atomic E-state index is 0.0112. The number of carbonyl (C=O) groups excluding carboxylic acids is 1. The Kier molecular flexibility index (Phi) is 6.93. The lowest BCUT2D eigenvalue weighted by Gasteiger charge is -2.39. The summed E-state index contributed by atoms with van der Waals surface area (Å²) in [5, 5.41) is 24.1. The van der Waals surface area contributed by atoms with Gasteiger partial charge in [0.1, 0.15) is 16.3 Å². The van der Waals surface area contributed by atoms with Crippen molar-refractivity contribution in [3.05, 3.63) is 34.6 Å². The van der Waals surface area contributed by atoms with Gasteiger partial charge < -0.3 is 25.0 Å². The number of thiocarbonyl (C=S) groups is 1. The molecular formula is C19H25ClN2O5S. The van der Waals surface area contributed by atoms with Crippen molar-refractivity contribution in [2.75, 3.05) is 12.4 Å². The number of aliphatic hydroxyl groups is 2. The number of aliphatic hydroxyl groups excluding tert-OH is 2. The van der Waals surface area contributed by atoms with Crippen LogP contribution in [0, 0.1) is 0 Å². The Labute approximate surface area is 174 Å². The number of nitrogens with zero attached hydrogens (tertiary/aromatic N) is 1. The summed E-state index contributed by atoms with van der Waals surface area (Å²) in [7, 11) is 1.46. The number of nitrogens with one attached hydrogen (secondary N) is 1. The van der Waals surface area contributed by atoms with Gasteiger partial charge in [0.25, 0.3) is 5.91 Å². The highest BCUT2D eigenvalue weighted by Crippen LogP contribution is 2.34. The van der Waals surface area contributed by atoms with E-state index in [1.54, 1.807) is 45.9 Å². The third-order valence-electron chi connectivity index (χ3n) is 4.04. The van der Waals surface area contributed by atoms with Crippen LogP contribution in [0.15, 0.2) is 29.5 Å². The molecule has 3 N–H and O–H groups in total. The molecule has 7 nitrogen and oxygen atoms in total. The zero-order valence-corrected chi connectivity index (χ0v) is 18.0. The molecule has 1 aliphatic heterocycles. The first-order valence-corrected chi connectivity index (χ1v) is 9.49. The van der Waals surface area contributed by atoms with E-state index in [1.165, 1.54) is 7.11 Å². The van der Waals surface area contributed by atoms with Gasteiger partial charge in [-0.2, -0.15) is 0 Å². The Hall–Kier alpha value is -1.87. The quantitative estimate of drug-likeness (QED) is 0.487. The van der Waals surface area contributed by atoms with E-state index in [0.717, 1.165) is 4.90 Å². The molecule has 0 spiro atoms. The van der Waals surface area contributed by atoms with Crippen molar-refractivity contribution >= 4 is 40.4 Å². The van der Waals surface area contributed by atoms with Crippen molar-refractivity contribution in [2.24, 2.45) is 0 Å². The molecule has 0 aromatic heterocycles. The molecule has 1 aromatic carbocycles. The van der Waals surface area contributed by atoms with Crippen LogP contribution in [-0.2, 0) is 9.53 Å².